The van der Waals surface area contributed by atoms with E-state index >= 15 is 0 Å². The maximum Gasteiger partial charge on any atom is 0.337 e. The van der Waals surface area contributed by atoms with Crippen LogP contribution < -0.4 is 0 Å². The molecular weight excluding hydrogens is 272 g/mol. The number of likely N-dealkylation sites (N-methyl/N-ethyl adjacent to an activating group) is 1. The van der Waals surface area contributed by atoms with Gasteiger partial charge in [-0.15, -0.1) is 0 Å². The summed E-state index contributed by atoms with van der Waals surface area (Å²) in [6, 6.07) is 6.82. The fourth-order valence-corrected chi connectivity index (χ4v) is 2.25. The van der Waals surface area contributed by atoms with Gasteiger partial charge in [0.05, 0.1) is 12.7 Å². The fraction of sp³-hybridized carbons (Fsp3) is 0.400. The number of nitrogens with zero attached hydrogens (tertiary/aromatic N) is 2. The average Bonchev–Trinajstić information content (AvgIpc) is 2.52. The highest BCUT2D eigenvalue weighted by Crippen LogP contribution is 2.12. The highest BCUT2D eigenvalue weighted by Gasteiger charge is 2.31. The first kappa shape index (κ1) is 15.0. The minimum absolute atomic E-state index is 0.365. The Kier molecular flexibility index (Phi) is 4.57. The van der Waals surface area contributed by atoms with Crippen LogP contribution in [0.5, 0.6) is 0 Å². The number of methoxy groups -OCH3 is 1. The molecule has 0 N–H and O–H groups in total. The van der Waals surface area contributed by atoms with Gasteiger partial charge in [0.15, 0.2) is 0 Å². The van der Waals surface area contributed by atoms with Gasteiger partial charge in [0.25, 0.3) is 0 Å². The molecule has 2 rings (SSSR count). The summed E-state index contributed by atoms with van der Waals surface area (Å²) in [5.74, 6) is -1.32. The van der Waals surface area contributed by atoms with Crippen LogP contribution in [-0.2, 0) is 20.9 Å². The summed E-state index contributed by atoms with van der Waals surface area (Å²) in [5, 5.41) is 0. The summed E-state index contributed by atoms with van der Waals surface area (Å²) in [5.41, 5.74) is 1.33. The molecule has 112 valence electrons. The van der Waals surface area contributed by atoms with E-state index < -0.39 is 17.8 Å². The van der Waals surface area contributed by atoms with Crippen molar-refractivity contribution in [1.29, 1.82) is 0 Å². The van der Waals surface area contributed by atoms with Gasteiger partial charge in [-0.1, -0.05) is 12.1 Å². The van der Waals surface area contributed by atoms with Crippen molar-refractivity contribution in [1.82, 2.24) is 9.80 Å². The zero-order chi connectivity index (χ0) is 15.4. The largest absolute Gasteiger partial charge is 0.465 e. The van der Waals surface area contributed by atoms with Gasteiger partial charge in [-0.3, -0.25) is 9.59 Å². The van der Waals surface area contributed by atoms with Gasteiger partial charge in [-0.05, 0) is 24.6 Å². The van der Waals surface area contributed by atoms with Crippen molar-refractivity contribution >= 4 is 17.8 Å². The molecule has 0 aliphatic carbocycles. The number of carbonyl (C=O) groups excluding carboxylic acids is 3. The number of hydrogen-bond acceptors (Lipinski definition) is 4. The second kappa shape index (κ2) is 6.39. The molecule has 1 saturated heterocycles. The Labute approximate surface area is 123 Å². The monoisotopic (exact) mass is 290 g/mol. The van der Waals surface area contributed by atoms with Crippen LogP contribution in [0.4, 0.5) is 0 Å². The van der Waals surface area contributed by atoms with E-state index in [9.17, 15) is 14.4 Å². The summed E-state index contributed by atoms with van der Waals surface area (Å²) in [6.07, 6.45) is 0. The van der Waals surface area contributed by atoms with Crippen LogP contribution in [-0.4, -0.2) is 54.3 Å². The molecule has 1 aromatic rings. The van der Waals surface area contributed by atoms with E-state index in [-0.39, 0.29) is 0 Å². The molecule has 0 saturated carbocycles. The Morgan fingerprint density at radius 1 is 1.10 bits per heavy atom. The minimum Gasteiger partial charge on any atom is -0.465 e. The third-order valence-electron chi connectivity index (χ3n) is 3.53. The van der Waals surface area contributed by atoms with E-state index in [4.69, 9.17) is 0 Å². The number of ether oxygens (including phenoxy) is 1. The molecule has 0 atom stereocenters. The standard InChI is InChI=1S/C15H18N2O4/c1-3-16-8-9-17(14(19)13(16)18)10-11-4-6-12(7-5-11)15(20)21-2/h4-7H,3,8-10H2,1-2H3. The molecule has 1 aliphatic rings. The van der Waals surface area contributed by atoms with Gasteiger partial charge in [0, 0.05) is 26.2 Å². The summed E-state index contributed by atoms with van der Waals surface area (Å²) in [4.78, 5) is 38.2. The lowest BCUT2D eigenvalue weighted by Gasteiger charge is -2.33. The van der Waals surface area contributed by atoms with Crippen LogP contribution in [0.1, 0.15) is 22.8 Å². The van der Waals surface area contributed by atoms with Gasteiger partial charge in [-0.2, -0.15) is 0 Å². The van der Waals surface area contributed by atoms with E-state index in [1.54, 1.807) is 29.2 Å². The van der Waals surface area contributed by atoms with Gasteiger partial charge < -0.3 is 14.5 Å². The van der Waals surface area contributed by atoms with Gasteiger partial charge in [-0.25, -0.2) is 4.79 Å². The number of hydrogen-bond donors (Lipinski definition) is 0. The quantitative estimate of drug-likeness (QED) is 0.603. The zero-order valence-corrected chi connectivity index (χ0v) is 12.2. The Hall–Kier alpha value is -2.37. The number of amides is 2. The van der Waals surface area contributed by atoms with Crippen molar-refractivity contribution in [3.8, 4) is 0 Å². The van der Waals surface area contributed by atoms with Crippen molar-refractivity contribution in [2.24, 2.45) is 0 Å². The van der Waals surface area contributed by atoms with Crippen LogP contribution in [0.25, 0.3) is 0 Å². The molecule has 0 aromatic heterocycles. The fourth-order valence-electron chi connectivity index (χ4n) is 2.25. The SMILES string of the molecule is CCN1CCN(Cc2ccc(C(=O)OC)cc2)C(=O)C1=O. The van der Waals surface area contributed by atoms with Crippen molar-refractivity contribution < 1.29 is 19.1 Å². The van der Waals surface area contributed by atoms with Crippen LogP contribution in [0.3, 0.4) is 0 Å². The lowest BCUT2D eigenvalue weighted by atomic mass is 10.1. The third kappa shape index (κ3) is 3.21. The first-order chi connectivity index (χ1) is 10.1. The molecule has 0 spiro atoms. The van der Waals surface area contributed by atoms with Crippen molar-refractivity contribution in [2.45, 2.75) is 13.5 Å². The van der Waals surface area contributed by atoms with E-state index in [2.05, 4.69) is 4.74 Å². The summed E-state index contributed by atoms with van der Waals surface area (Å²) in [7, 11) is 1.33. The highest BCUT2D eigenvalue weighted by atomic mass is 16.5. The minimum atomic E-state index is -0.472. The van der Waals surface area contributed by atoms with E-state index in [0.29, 0.717) is 31.7 Å². The third-order valence-corrected chi connectivity index (χ3v) is 3.53. The van der Waals surface area contributed by atoms with Crippen molar-refractivity contribution in [3.05, 3.63) is 35.4 Å². The molecule has 6 heteroatoms. The zero-order valence-electron chi connectivity index (χ0n) is 12.2. The number of esters is 1. The van der Waals surface area contributed by atoms with Crippen LogP contribution in [0.15, 0.2) is 24.3 Å². The molecule has 6 nitrogen and oxygen atoms in total. The van der Waals surface area contributed by atoms with Crippen molar-refractivity contribution in [3.63, 3.8) is 0 Å². The highest BCUT2D eigenvalue weighted by molar-refractivity contribution is 6.35. The number of carbonyl (C=O) groups is 3. The molecular formula is C15H18N2O4. The molecule has 21 heavy (non-hydrogen) atoms. The molecule has 1 aliphatic heterocycles. The molecule has 0 bridgehead atoms. The number of rotatable bonds is 4. The second-order valence-electron chi connectivity index (χ2n) is 4.80. The topological polar surface area (TPSA) is 66.9 Å². The molecule has 1 fully saturated rings. The van der Waals surface area contributed by atoms with Crippen molar-refractivity contribution in [2.75, 3.05) is 26.7 Å². The predicted octanol–water partition coefficient (Wildman–Crippen LogP) is 0.664. The van der Waals surface area contributed by atoms with E-state index in [1.807, 2.05) is 6.92 Å². The summed E-state index contributed by atoms with van der Waals surface area (Å²) < 4.78 is 4.63. The maximum atomic E-state index is 12.0. The summed E-state index contributed by atoms with van der Waals surface area (Å²) in [6.45, 7) is 3.85. The first-order valence-corrected chi connectivity index (χ1v) is 6.82. The van der Waals surface area contributed by atoms with Crippen LogP contribution in [0.2, 0.25) is 0 Å². The summed E-state index contributed by atoms with van der Waals surface area (Å²) >= 11 is 0. The van der Waals surface area contributed by atoms with Gasteiger partial charge >= 0.3 is 17.8 Å². The number of benzene rings is 1. The second-order valence-corrected chi connectivity index (χ2v) is 4.80. The lowest BCUT2D eigenvalue weighted by Crippen LogP contribution is -2.53. The van der Waals surface area contributed by atoms with Gasteiger partial charge in [0.1, 0.15) is 0 Å². The molecule has 1 aromatic carbocycles. The van der Waals surface area contributed by atoms with Crippen LogP contribution >= 0.6 is 0 Å². The predicted molar refractivity (Wildman–Crippen MR) is 75.5 cm³/mol. The van der Waals surface area contributed by atoms with E-state index in [0.717, 1.165) is 5.56 Å². The number of piperazine rings is 1. The maximum absolute atomic E-state index is 12.0. The molecule has 2 amide bonds. The smallest absolute Gasteiger partial charge is 0.337 e. The average molecular weight is 290 g/mol. The Balaban J connectivity index is 2.03. The Morgan fingerprint density at radius 3 is 2.24 bits per heavy atom. The Morgan fingerprint density at radius 2 is 1.67 bits per heavy atom. The molecule has 0 unspecified atom stereocenters. The van der Waals surface area contributed by atoms with Crippen LogP contribution in [0, 0.1) is 0 Å². The Bertz CT molecular complexity index is 553. The lowest BCUT2D eigenvalue weighted by molar-refractivity contribution is -0.156. The normalized spacial score (nSPS) is 15.3. The molecule has 0 radical (unpaired) electrons. The van der Waals surface area contributed by atoms with Gasteiger partial charge in [0.2, 0.25) is 0 Å². The van der Waals surface area contributed by atoms with E-state index in [1.165, 1.54) is 12.0 Å². The first-order valence-electron chi connectivity index (χ1n) is 6.82. The molecule has 1 heterocycles.